The Balaban J connectivity index is 2.32. The van der Waals surface area contributed by atoms with Crippen LogP contribution in [0.5, 0.6) is 5.75 Å². The van der Waals surface area contributed by atoms with Crippen molar-refractivity contribution in [3.63, 3.8) is 0 Å². The smallest absolute Gasteiger partial charge is 0.165 e. The topological polar surface area (TPSA) is 47.0 Å². The Morgan fingerprint density at radius 2 is 2.21 bits per heavy atom. The first kappa shape index (κ1) is 13.9. The summed E-state index contributed by atoms with van der Waals surface area (Å²) in [5.41, 5.74) is 0.813. The Kier molecular flexibility index (Phi) is 4.44. The molecule has 0 radical (unpaired) electrons. The van der Waals surface area contributed by atoms with Gasteiger partial charge in [-0.05, 0) is 31.7 Å². The van der Waals surface area contributed by atoms with E-state index < -0.39 is 0 Å². The van der Waals surface area contributed by atoms with Gasteiger partial charge in [0.25, 0.3) is 0 Å². The lowest BCUT2D eigenvalue weighted by Crippen LogP contribution is -2.14. The van der Waals surface area contributed by atoms with Crippen molar-refractivity contribution >= 4 is 11.3 Å². The number of ether oxygens (including phenoxy) is 1. The second-order valence-electron chi connectivity index (χ2n) is 4.04. The van der Waals surface area contributed by atoms with E-state index in [-0.39, 0.29) is 17.6 Å². The third-order valence-corrected chi connectivity index (χ3v) is 3.98. The molecule has 1 aromatic carbocycles. The average molecular weight is 281 g/mol. The first-order valence-electron chi connectivity index (χ1n) is 6.04. The van der Waals surface area contributed by atoms with Crippen LogP contribution in [0, 0.1) is 5.82 Å². The maximum atomic E-state index is 13.4. The predicted molar refractivity (Wildman–Crippen MR) is 73.9 cm³/mol. The van der Waals surface area contributed by atoms with Gasteiger partial charge in [-0.15, -0.1) is 10.2 Å². The van der Waals surface area contributed by atoms with Crippen LogP contribution < -0.4 is 10.1 Å². The Morgan fingerprint density at radius 3 is 2.84 bits per heavy atom. The molecule has 0 amide bonds. The molecule has 2 rings (SSSR count). The summed E-state index contributed by atoms with van der Waals surface area (Å²) >= 11 is 1.51. The van der Waals surface area contributed by atoms with Crippen LogP contribution in [-0.4, -0.2) is 24.4 Å². The Hall–Kier alpha value is -1.53. The molecular formula is C13H16FN3OS. The summed E-state index contributed by atoms with van der Waals surface area (Å²) in [7, 11) is 3.35. The molecule has 2 aromatic rings. The number of hydrogen-bond acceptors (Lipinski definition) is 5. The molecular weight excluding hydrogens is 265 g/mol. The standard InChI is InChI=1S/C13H16FN3OS/c1-4-10(15-2)13-17-16-12(19-13)8-5-6-9(14)11(7-8)18-3/h5-7,10,15H,4H2,1-3H3. The van der Waals surface area contributed by atoms with E-state index in [2.05, 4.69) is 22.4 Å². The van der Waals surface area contributed by atoms with E-state index in [0.717, 1.165) is 22.0 Å². The van der Waals surface area contributed by atoms with Crippen LogP contribution in [0.2, 0.25) is 0 Å². The lowest BCUT2D eigenvalue weighted by molar-refractivity contribution is 0.387. The van der Waals surface area contributed by atoms with E-state index in [1.807, 2.05) is 7.05 Å². The first-order chi connectivity index (χ1) is 9.19. The number of methoxy groups -OCH3 is 1. The molecule has 4 nitrogen and oxygen atoms in total. The third-order valence-electron chi connectivity index (χ3n) is 2.89. The molecule has 1 aromatic heterocycles. The molecule has 1 unspecified atom stereocenters. The lowest BCUT2D eigenvalue weighted by Gasteiger charge is -2.08. The van der Waals surface area contributed by atoms with Crippen LogP contribution in [0.15, 0.2) is 18.2 Å². The van der Waals surface area contributed by atoms with Gasteiger partial charge in [-0.1, -0.05) is 18.3 Å². The Bertz CT molecular complexity index is 555. The zero-order valence-electron chi connectivity index (χ0n) is 11.1. The molecule has 0 fully saturated rings. The molecule has 1 atom stereocenters. The minimum Gasteiger partial charge on any atom is -0.494 e. The highest BCUT2D eigenvalue weighted by molar-refractivity contribution is 7.14. The van der Waals surface area contributed by atoms with Gasteiger partial charge in [0, 0.05) is 5.56 Å². The normalized spacial score (nSPS) is 12.4. The maximum absolute atomic E-state index is 13.4. The van der Waals surface area contributed by atoms with Gasteiger partial charge in [-0.2, -0.15) is 0 Å². The summed E-state index contributed by atoms with van der Waals surface area (Å²) in [5.74, 6) is -0.160. The zero-order valence-corrected chi connectivity index (χ0v) is 11.9. The van der Waals surface area contributed by atoms with Gasteiger partial charge in [-0.25, -0.2) is 4.39 Å². The van der Waals surface area contributed by atoms with Gasteiger partial charge in [0.2, 0.25) is 0 Å². The fourth-order valence-electron chi connectivity index (χ4n) is 1.79. The highest BCUT2D eigenvalue weighted by Gasteiger charge is 2.15. The Morgan fingerprint density at radius 1 is 1.42 bits per heavy atom. The number of halogens is 1. The van der Waals surface area contributed by atoms with E-state index in [9.17, 15) is 4.39 Å². The van der Waals surface area contributed by atoms with Gasteiger partial charge >= 0.3 is 0 Å². The molecule has 0 saturated carbocycles. The molecule has 102 valence electrons. The third kappa shape index (κ3) is 2.90. The van der Waals surface area contributed by atoms with Crippen molar-refractivity contribution in [2.24, 2.45) is 0 Å². The molecule has 0 aliphatic heterocycles. The van der Waals surface area contributed by atoms with Crippen LogP contribution in [0.4, 0.5) is 4.39 Å². The van der Waals surface area contributed by atoms with Crippen molar-refractivity contribution in [1.29, 1.82) is 0 Å². The monoisotopic (exact) mass is 281 g/mol. The van der Waals surface area contributed by atoms with Crippen molar-refractivity contribution in [2.45, 2.75) is 19.4 Å². The van der Waals surface area contributed by atoms with Crippen molar-refractivity contribution < 1.29 is 9.13 Å². The number of rotatable bonds is 5. The molecule has 19 heavy (non-hydrogen) atoms. The molecule has 1 heterocycles. The van der Waals surface area contributed by atoms with Gasteiger partial charge in [-0.3, -0.25) is 0 Å². The summed E-state index contributed by atoms with van der Waals surface area (Å²) < 4.78 is 18.3. The summed E-state index contributed by atoms with van der Waals surface area (Å²) in [6.07, 6.45) is 0.942. The van der Waals surface area contributed by atoms with Crippen molar-refractivity contribution in [1.82, 2.24) is 15.5 Å². The second kappa shape index (κ2) is 6.08. The maximum Gasteiger partial charge on any atom is 0.165 e. The van der Waals surface area contributed by atoms with Crippen molar-refractivity contribution in [3.05, 3.63) is 29.0 Å². The largest absolute Gasteiger partial charge is 0.494 e. The number of nitrogens with zero attached hydrogens (tertiary/aromatic N) is 2. The SMILES string of the molecule is CCC(NC)c1nnc(-c2ccc(F)c(OC)c2)s1. The molecule has 6 heteroatoms. The molecule has 0 spiro atoms. The van der Waals surface area contributed by atoms with Crippen LogP contribution >= 0.6 is 11.3 Å². The molecule has 0 bridgehead atoms. The fraction of sp³-hybridized carbons (Fsp3) is 0.385. The first-order valence-corrected chi connectivity index (χ1v) is 6.85. The van der Waals surface area contributed by atoms with E-state index >= 15 is 0 Å². The van der Waals surface area contributed by atoms with Crippen LogP contribution in [-0.2, 0) is 0 Å². The van der Waals surface area contributed by atoms with E-state index in [0.29, 0.717) is 0 Å². The number of benzene rings is 1. The average Bonchev–Trinajstić information content (AvgIpc) is 2.90. The molecule has 1 N–H and O–H groups in total. The summed E-state index contributed by atoms with van der Waals surface area (Å²) in [5, 5.41) is 13.2. The second-order valence-corrected chi connectivity index (χ2v) is 5.05. The van der Waals surface area contributed by atoms with Crippen molar-refractivity contribution in [3.8, 4) is 16.3 Å². The number of aromatic nitrogens is 2. The summed E-state index contributed by atoms with van der Waals surface area (Å²) in [4.78, 5) is 0. The fourth-order valence-corrected chi connectivity index (χ4v) is 2.82. The summed E-state index contributed by atoms with van der Waals surface area (Å²) in [6.45, 7) is 2.09. The van der Waals surface area contributed by atoms with Crippen LogP contribution in [0.3, 0.4) is 0 Å². The van der Waals surface area contributed by atoms with Crippen molar-refractivity contribution in [2.75, 3.05) is 14.2 Å². The van der Waals surface area contributed by atoms with E-state index in [4.69, 9.17) is 4.74 Å². The van der Waals surface area contributed by atoms with Gasteiger partial charge in [0.15, 0.2) is 11.6 Å². The Labute approximate surface area is 115 Å². The van der Waals surface area contributed by atoms with Crippen LogP contribution in [0.1, 0.15) is 24.4 Å². The van der Waals surface area contributed by atoms with Gasteiger partial charge in [0.05, 0.1) is 13.2 Å². The molecule has 0 saturated heterocycles. The van der Waals surface area contributed by atoms with Gasteiger partial charge < -0.3 is 10.1 Å². The highest BCUT2D eigenvalue weighted by Crippen LogP contribution is 2.30. The minimum atomic E-state index is -0.377. The molecule has 0 aliphatic rings. The minimum absolute atomic E-state index is 0.202. The number of hydrogen-bond donors (Lipinski definition) is 1. The highest BCUT2D eigenvalue weighted by atomic mass is 32.1. The quantitative estimate of drug-likeness (QED) is 0.915. The lowest BCUT2D eigenvalue weighted by atomic mass is 10.2. The molecule has 0 aliphatic carbocycles. The number of nitrogens with one attached hydrogen (secondary N) is 1. The van der Waals surface area contributed by atoms with E-state index in [1.165, 1.54) is 24.5 Å². The van der Waals surface area contributed by atoms with Gasteiger partial charge in [0.1, 0.15) is 10.0 Å². The van der Waals surface area contributed by atoms with E-state index in [1.54, 1.807) is 12.1 Å². The summed E-state index contributed by atoms with van der Waals surface area (Å²) in [6, 6.07) is 4.90. The van der Waals surface area contributed by atoms with Crippen LogP contribution in [0.25, 0.3) is 10.6 Å². The predicted octanol–water partition coefficient (Wildman–Crippen LogP) is 3.02. The zero-order chi connectivity index (χ0) is 13.8.